The smallest absolute Gasteiger partial charge is 0.138 e. The molecular weight excluding hydrogens is 238 g/mol. The van der Waals surface area contributed by atoms with E-state index < -0.39 is 6.10 Å². The van der Waals surface area contributed by atoms with Gasteiger partial charge in [-0.15, -0.1) is 0 Å². The minimum absolute atomic E-state index is 0.271. The van der Waals surface area contributed by atoms with Gasteiger partial charge in [-0.2, -0.15) is 5.10 Å². The molecule has 0 aliphatic carbocycles. The maximum absolute atomic E-state index is 10.5. The Balaban J connectivity index is 2.44. The molecule has 0 radical (unpaired) electrons. The minimum Gasteiger partial charge on any atom is -0.386 e. The molecule has 0 amide bonds. The molecule has 0 saturated heterocycles. The van der Waals surface area contributed by atoms with Crippen molar-refractivity contribution in [2.75, 3.05) is 0 Å². The van der Waals surface area contributed by atoms with Crippen LogP contribution in [0.5, 0.6) is 0 Å². The number of aromatic nitrogens is 3. The molecule has 1 heterocycles. The first-order chi connectivity index (χ1) is 8.98. The van der Waals surface area contributed by atoms with Crippen LogP contribution in [0.1, 0.15) is 26.3 Å². The zero-order valence-corrected chi connectivity index (χ0v) is 11.5. The summed E-state index contributed by atoms with van der Waals surface area (Å²) in [6.07, 6.45) is 4.37. The Labute approximate surface area is 113 Å². The third kappa shape index (κ3) is 3.29. The lowest BCUT2D eigenvalue weighted by Crippen LogP contribution is -2.29. The molecule has 0 fully saturated rings. The van der Waals surface area contributed by atoms with Gasteiger partial charge in [0.2, 0.25) is 0 Å². The van der Waals surface area contributed by atoms with Crippen molar-refractivity contribution < 1.29 is 5.11 Å². The van der Waals surface area contributed by atoms with Gasteiger partial charge >= 0.3 is 0 Å². The maximum atomic E-state index is 10.5. The van der Waals surface area contributed by atoms with E-state index in [0.717, 1.165) is 11.3 Å². The van der Waals surface area contributed by atoms with Crippen LogP contribution in [-0.4, -0.2) is 26.0 Å². The first-order valence-corrected chi connectivity index (χ1v) is 6.28. The fourth-order valence-electron chi connectivity index (χ4n) is 1.78. The SMILES string of the molecule is CC(C)(C)C(O)C(=Cc1ccccc1)n1cncn1. The largest absolute Gasteiger partial charge is 0.386 e. The third-order valence-electron chi connectivity index (χ3n) is 2.90. The molecular formula is C15H19N3O. The van der Waals surface area contributed by atoms with Crippen molar-refractivity contribution in [3.05, 3.63) is 48.5 Å². The van der Waals surface area contributed by atoms with E-state index in [1.54, 1.807) is 11.0 Å². The van der Waals surface area contributed by atoms with E-state index in [0.29, 0.717) is 0 Å². The van der Waals surface area contributed by atoms with Crippen molar-refractivity contribution in [1.29, 1.82) is 0 Å². The molecule has 0 aliphatic heterocycles. The number of rotatable bonds is 3. The summed E-state index contributed by atoms with van der Waals surface area (Å²) in [5.74, 6) is 0. The molecule has 1 unspecified atom stereocenters. The Hall–Kier alpha value is -1.94. The molecule has 19 heavy (non-hydrogen) atoms. The van der Waals surface area contributed by atoms with Crippen molar-refractivity contribution in [3.8, 4) is 0 Å². The van der Waals surface area contributed by atoms with Crippen LogP contribution in [-0.2, 0) is 0 Å². The van der Waals surface area contributed by atoms with Gasteiger partial charge < -0.3 is 5.11 Å². The van der Waals surface area contributed by atoms with Gasteiger partial charge in [0.25, 0.3) is 0 Å². The highest BCUT2D eigenvalue weighted by Gasteiger charge is 2.27. The molecule has 0 spiro atoms. The normalized spacial score (nSPS) is 14.4. The quantitative estimate of drug-likeness (QED) is 0.919. The first kappa shape index (κ1) is 13.5. The van der Waals surface area contributed by atoms with Crippen LogP contribution in [0.15, 0.2) is 43.0 Å². The Kier molecular flexibility index (Phi) is 3.81. The summed E-state index contributed by atoms with van der Waals surface area (Å²) in [5.41, 5.74) is 1.47. The molecule has 4 heteroatoms. The summed E-state index contributed by atoms with van der Waals surface area (Å²) in [4.78, 5) is 3.95. The molecule has 100 valence electrons. The Bertz CT molecular complexity index is 539. The summed E-state index contributed by atoms with van der Waals surface area (Å²) in [5, 5.41) is 14.6. The zero-order chi connectivity index (χ0) is 13.9. The lowest BCUT2D eigenvalue weighted by molar-refractivity contribution is 0.109. The summed E-state index contributed by atoms with van der Waals surface area (Å²) >= 11 is 0. The summed E-state index contributed by atoms with van der Waals surface area (Å²) in [6, 6.07) is 9.88. The zero-order valence-electron chi connectivity index (χ0n) is 11.5. The van der Waals surface area contributed by atoms with E-state index in [1.807, 2.05) is 57.2 Å². The molecule has 1 N–H and O–H groups in total. The lowest BCUT2D eigenvalue weighted by atomic mass is 9.86. The number of hydrogen-bond acceptors (Lipinski definition) is 3. The van der Waals surface area contributed by atoms with E-state index in [2.05, 4.69) is 10.1 Å². The number of aliphatic hydroxyl groups is 1. The Morgan fingerprint density at radius 2 is 1.95 bits per heavy atom. The Morgan fingerprint density at radius 3 is 2.47 bits per heavy atom. The molecule has 0 bridgehead atoms. The van der Waals surface area contributed by atoms with E-state index in [9.17, 15) is 5.11 Å². The van der Waals surface area contributed by atoms with Gasteiger partial charge in [-0.1, -0.05) is 51.1 Å². The molecule has 2 rings (SSSR count). The van der Waals surface area contributed by atoms with Gasteiger partial charge in [0.15, 0.2) is 0 Å². The topological polar surface area (TPSA) is 50.9 Å². The van der Waals surface area contributed by atoms with Gasteiger partial charge in [-0.25, -0.2) is 9.67 Å². The summed E-state index contributed by atoms with van der Waals surface area (Å²) in [7, 11) is 0. The van der Waals surface area contributed by atoms with Crippen LogP contribution in [0, 0.1) is 5.41 Å². The second-order valence-electron chi connectivity index (χ2n) is 5.59. The third-order valence-corrected chi connectivity index (χ3v) is 2.90. The lowest BCUT2D eigenvalue weighted by Gasteiger charge is -2.27. The minimum atomic E-state index is -0.630. The van der Waals surface area contributed by atoms with Crippen LogP contribution in [0.25, 0.3) is 11.8 Å². The van der Waals surface area contributed by atoms with Crippen LogP contribution in [0.3, 0.4) is 0 Å². The van der Waals surface area contributed by atoms with Crippen LogP contribution in [0.4, 0.5) is 0 Å². The predicted octanol–water partition coefficient (Wildman–Crippen LogP) is 2.68. The second-order valence-corrected chi connectivity index (χ2v) is 5.59. The monoisotopic (exact) mass is 257 g/mol. The van der Waals surface area contributed by atoms with Crippen LogP contribution >= 0.6 is 0 Å². The highest BCUT2D eigenvalue weighted by molar-refractivity contribution is 5.72. The van der Waals surface area contributed by atoms with Gasteiger partial charge in [0.05, 0.1) is 5.70 Å². The number of aliphatic hydroxyl groups excluding tert-OH is 1. The van der Waals surface area contributed by atoms with Crippen molar-refractivity contribution in [1.82, 2.24) is 14.8 Å². The number of nitrogens with zero attached hydrogens (tertiary/aromatic N) is 3. The van der Waals surface area contributed by atoms with Gasteiger partial charge in [-0.05, 0) is 17.1 Å². The van der Waals surface area contributed by atoms with Gasteiger partial charge in [-0.3, -0.25) is 0 Å². The van der Waals surface area contributed by atoms with Crippen molar-refractivity contribution in [3.63, 3.8) is 0 Å². The van der Waals surface area contributed by atoms with Gasteiger partial charge in [0.1, 0.15) is 18.8 Å². The van der Waals surface area contributed by atoms with Crippen LogP contribution in [0.2, 0.25) is 0 Å². The molecule has 1 aromatic heterocycles. The van der Waals surface area contributed by atoms with E-state index in [1.165, 1.54) is 6.33 Å². The predicted molar refractivity (Wildman–Crippen MR) is 76.1 cm³/mol. The summed E-state index contributed by atoms with van der Waals surface area (Å²) in [6.45, 7) is 5.98. The van der Waals surface area contributed by atoms with Crippen LogP contribution < -0.4 is 0 Å². The number of benzene rings is 1. The fourth-order valence-corrected chi connectivity index (χ4v) is 1.78. The molecule has 4 nitrogen and oxygen atoms in total. The molecule has 1 atom stereocenters. The van der Waals surface area contributed by atoms with E-state index in [-0.39, 0.29) is 5.41 Å². The molecule has 2 aromatic rings. The van der Waals surface area contributed by atoms with E-state index in [4.69, 9.17) is 0 Å². The van der Waals surface area contributed by atoms with Gasteiger partial charge in [0, 0.05) is 0 Å². The van der Waals surface area contributed by atoms with Crippen molar-refractivity contribution in [2.45, 2.75) is 26.9 Å². The highest BCUT2D eigenvalue weighted by atomic mass is 16.3. The molecule has 0 saturated carbocycles. The standard InChI is InChI=1S/C15H19N3O/c1-15(2,3)14(19)13(18-11-16-10-17-18)9-12-7-5-4-6-8-12/h4-11,14,19H,1-3H3. The maximum Gasteiger partial charge on any atom is 0.138 e. The van der Waals surface area contributed by atoms with Crippen molar-refractivity contribution >= 4 is 11.8 Å². The first-order valence-electron chi connectivity index (χ1n) is 6.28. The highest BCUT2D eigenvalue weighted by Crippen LogP contribution is 2.28. The number of hydrogen-bond donors (Lipinski definition) is 1. The summed E-state index contributed by atoms with van der Waals surface area (Å²) < 4.78 is 1.61. The molecule has 1 aromatic carbocycles. The average molecular weight is 257 g/mol. The fraction of sp³-hybridized carbons (Fsp3) is 0.333. The second kappa shape index (κ2) is 5.36. The average Bonchev–Trinajstić information content (AvgIpc) is 2.89. The van der Waals surface area contributed by atoms with E-state index >= 15 is 0 Å². The Morgan fingerprint density at radius 1 is 1.26 bits per heavy atom. The van der Waals surface area contributed by atoms with Crippen molar-refractivity contribution in [2.24, 2.45) is 5.41 Å². The molecule has 0 aliphatic rings.